The van der Waals surface area contributed by atoms with Gasteiger partial charge in [0.05, 0.1) is 5.69 Å². The number of carbonyl (C=O) groups is 1. The second-order valence-corrected chi connectivity index (χ2v) is 3.85. The van der Waals surface area contributed by atoms with E-state index in [2.05, 4.69) is 5.32 Å². The van der Waals surface area contributed by atoms with E-state index in [1.54, 1.807) is 19.1 Å². The van der Waals surface area contributed by atoms with Crippen molar-refractivity contribution < 1.29 is 9.53 Å². The standard InChI is InChI=1S/C11H15N3O2/c1-6-11(15)14-9-4-7(8(13)5-12)2-3-10(9)16-6/h2-4,6,8H,5,12-13H2,1H3,(H,14,15). The maximum atomic E-state index is 11.4. The number of amides is 1. The van der Waals surface area contributed by atoms with E-state index in [-0.39, 0.29) is 11.9 Å². The average molecular weight is 221 g/mol. The van der Waals surface area contributed by atoms with Gasteiger partial charge in [-0.05, 0) is 24.6 Å². The zero-order chi connectivity index (χ0) is 11.7. The van der Waals surface area contributed by atoms with Crippen LogP contribution in [0.1, 0.15) is 18.5 Å². The largest absolute Gasteiger partial charge is 0.479 e. The molecule has 5 N–H and O–H groups in total. The summed E-state index contributed by atoms with van der Waals surface area (Å²) in [4.78, 5) is 11.4. The fourth-order valence-electron chi connectivity index (χ4n) is 1.59. The fraction of sp³-hybridized carbons (Fsp3) is 0.364. The number of nitrogens with one attached hydrogen (secondary N) is 1. The molecular formula is C11H15N3O2. The van der Waals surface area contributed by atoms with Crippen LogP contribution in [0.15, 0.2) is 18.2 Å². The molecule has 0 radical (unpaired) electrons. The average Bonchev–Trinajstić information content (AvgIpc) is 2.29. The highest BCUT2D eigenvalue weighted by Gasteiger charge is 2.23. The highest BCUT2D eigenvalue weighted by Crippen LogP contribution is 2.31. The molecule has 1 aliphatic rings. The van der Waals surface area contributed by atoms with Crippen molar-refractivity contribution >= 4 is 11.6 Å². The summed E-state index contributed by atoms with van der Waals surface area (Å²) in [6, 6.07) is 5.24. The Labute approximate surface area is 93.8 Å². The molecule has 86 valence electrons. The molecule has 0 aliphatic carbocycles. The summed E-state index contributed by atoms with van der Waals surface area (Å²) >= 11 is 0. The van der Waals surface area contributed by atoms with E-state index in [9.17, 15) is 4.79 Å². The fourth-order valence-corrected chi connectivity index (χ4v) is 1.59. The van der Waals surface area contributed by atoms with E-state index in [0.717, 1.165) is 5.56 Å². The summed E-state index contributed by atoms with van der Waals surface area (Å²) < 4.78 is 5.43. The third kappa shape index (κ3) is 1.87. The minimum Gasteiger partial charge on any atom is -0.479 e. The van der Waals surface area contributed by atoms with Crippen LogP contribution in [0.4, 0.5) is 5.69 Å². The van der Waals surface area contributed by atoms with Crippen molar-refractivity contribution in [1.82, 2.24) is 0 Å². The third-order valence-electron chi connectivity index (χ3n) is 2.62. The monoisotopic (exact) mass is 221 g/mol. The predicted octanol–water partition coefficient (Wildman–Crippen LogP) is 0.364. The molecule has 0 fully saturated rings. The second kappa shape index (κ2) is 4.11. The lowest BCUT2D eigenvalue weighted by Crippen LogP contribution is -2.34. The van der Waals surface area contributed by atoms with Gasteiger partial charge in [-0.1, -0.05) is 6.07 Å². The summed E-state index contributed by atoms with van der Waals surface area (Å²) in [5.41, 5.74) is 12.8. The number of anilines is 1. The van der Waals surface area contributed by atoms with Gasteiger partial charge < -0.3 is 21.5 Å². The highest BCUT2D eigenvalue weighted by atomic mass is 16.5. The topological polar surface area (TPSA) is 90.4 Å². The van der Waals surface area contributed by atoms with Crippen molar-refractivity contribution in [2.75, 3.05) is 11.9 Å². The van der Waals surface area contributed by atoms with Crippen LogP contribution >= 0.6 is 0 Å². The Kier molecular flexibility index (Phi) is 2.80. The smallest absolute Gasteiger partial charge is 0.265 e. The van der Waals surface area contributed by atoms with Gasteiger partial charge in [0.2, 0.25) is 0 Å². The molecule has 0 aromatic heterocycles. The Bertz CT molecular complexity index is 420. The van der Waals surface area contributed by atoms with E-state index >= 15 is 0 Å². The zero-order valence-electron chi connectivity index (χ0n) is 9.07. The molecule has 5 heteroatoms. The van der Waals surface area contributed by atoms with Gasteiger partial charge in [-0.15, -0.1) is 0 Å². The SMILES string of the molecule is CC1Oc2ccc(C(N)CN)cc2NC1=O. The Morgan fingerprint density at radius 3 is 3.00 bits per heavy atom. The van der Waals surface area contributed by atoms with Gasteiger partial charge in [0, 0.05) is 12.6 Å². The molecule has 5 nitrogen and oxygen atoms in total. The van der Waals surface area contributed by atoms with Crippen LogP contribution in [0.2, 0.25) is 0 Å². The van der Waals surface area contributed by atoms with Crippen LogP contribution in [0, 0.1) is 0 Å². The molecule has 1 heterocycles. The van der Waals surface area contributed by atoms with E-state index in [1.165, 1.54) is 0 Å². The first-order valence-electron chi connectivity index (χ1n) is 5.19. The zero-order valence-corrected chi connectivity index (χ0v) is 9.07. The van der Waals surface area contributed by atoms with Gasteiger partial charge in [0.25, 0.3) is 5.91 Å². The Balaban J connectivity index is 2.32. The van der Waals surface area contributed by atoms with Crippen molar-refractivity contribution in [2.24, 2.45) is 11.5 Å². The summed E-state index contributed by atoms with van der Waals surface area (Å²) in [7, 11) is 0. The molecule has 1 aromatic rings. The molecular weight excluding hydrogens is 206 g/mol. The lowest BCUT2D eigenvalue weighted by molar-refractivity contribution is -0.122. The number of ether oxygens (including phenoxy) is 1. The number of carbonyl (C=O) groups excluding carboxylic acids is 1. The number of hydrogen-bond donors (Lipinski definition) is 3. The number of nitrogens with two attached hydrogens (primary N) is 2. The molecule has 1 amide bonds. The van der Waals surface area contributed by atoms with Crippen molar-refractivity contribution in [3.63, 3.8) is 0 Å². The summed E-state index contributed by atoms with van der Waals surface area (Å²) in [5, 5.41) is 2.77. The molecule has 2 unspecified atom stereocenters. The van der Waals surface area contributed by atoms with Gasteiger partial charge in [-0.2, -0.15) is 0 Å². The quantitative estimate of drug-likeness (QED) is 0.672. The lowest BCUT2D eigenvalue weighted by atomic mass is 10.1. The number of fused-ring (bicyclic) bond motifs is 1. The number of benzene rings is 1. The van der Waals surface area contributed by atoms with Crippen molar-refractivity contribution in [3.8, 4) is 5.75 Å². The van der Waals surface area contributed by atoms with Crippen molar-refractivity contribution in [2.45, 2.75) is 19.1 Å². The van der Waals surface area contributed by atoms with E-state index in [0.29, 0.717) is 18.0 Å². The minimum atomic E-state index is -0.457. The van der Waals surface area contributed by atoms with E-state index in [4.69, 9.17) is 16.2 Å². The van der Waals surface area contributed by atoms with Crippen LogP contribution in [0.3, 0.4) is 0 Å². The molecule has 1 aromatic carbocycles. The molecule has 1 aliphatic heterocycles. The first-order chi connectivity index (χ1) is 7.61. The van der Waals surface area contributed by atoms with Gasteiger partial charge in [-0.25, -0.2) is 0 Å². The van der Waals surface area contributed by atoms with Gasteiger partial charge >= 0.3 is 0 Å². The Morgan fingerprint density at radius 2 is 2.31 bits per heavy atom. The number of hydrogen-bond acceptors (Lipinski definition) is 4. The van der Waals surface area contributed by atoms with E-state index < -0.39 is 6.10 Å². The van der Waals surface area contributed by atoms with Gasteiger partial charge in [-0.3, -0.25) is 4.79 Å². The first-order valence-corrected chi connectivity index (χ1v) is 5.19. The summed E-state index contributed by atoms with van der Waals surface area (Å²) in [5.74, 6) is 0.519. The third-order valence-corrected chi connectivity index (χ3v) is 2.62. The maximum Gasteiger partial charge on any atom is 0.265 e. The maximum absolute atomic E-state index is 11.4. The molecule has 2 atom stereocenters. The molecule has 0 bridgehead atoms. The second-order valence-electron chi connectivity index (χ2n) is 3.85. The normalized spacial score (nSPS) is 20.7. The predicted molar refractivity (Wildman–Crippen MR) is 61.1 cm³/mol. The number of rotatable bonds is 2. The van der Waals surface area contributed by atoms with Crippen molar-refractivity contribution in [1.29, 1.82) is 0 Å². The Morgan fingerprint density at radius 1 is 1.56 bits per heavy atom. The van der Waals surface area contributed by atoms with Crippen molar-refractivity contribution in [3.05, 3.63) is 23.8 Å². The molecule has 2 rings (SSSR count). The molecule has 16 heavy (non-hydrogen) atoms. The van der Waals surface area contributed by atoms with Crippen LogP contribution in [0.25, 0.3) is 0 Å². The Hall–Kier alpha value is -1.59. The highest BCUT2D eigenvalue weighted by molar-refractivity contribution is 5.97. The molecule has 0 saturated carbocycles. The van der Waals surface area contributed by atoms with Gasteiger partial charge in [0.15, 0.2) is 6.10 Å². The van der Waals surface area contributed by atoms with Gasteiger partial charge in [0.1, 0.15) is 5.75 Å². The minimum absolute atomic E-state index is 0.147. The molecule has 0 spiro atoms. The first kappa shape index (κ1) is 10.9. The molecule has 0 saturated heterocycles. The van der Waals surface area contributed by atoms with E-state index in [1.807, 2.05) is 6.07 Å². The summed E-state index contributed by atoms with van der Waals surface area (Å²) in [6.07, 6.45) is -0.457. The van der Waals surface area contributed by atoms with Crippen LogP contribution in [0.5, 0.6) is 5.75 Å². The van der Waals surface area contributed by atoms with Crippen LogP contribution in [-0.4, -0.2) is 18.6 Å². The summed E-state index contributed by atoms with van der Waals surface area (Å²) in [6.45, 7) is 2.07. The van der Waals surface area contributed by atoms with Crippen LogP contribution in [-0.2, 0) is 4.79 Å². The lowest BCUT2D eigenvalue weighted by Gasteiger charge is -2.24. The van der Waals surface area contributed by atoms with Crippen LogP contribution < -0.4 is 21.5 Å².